The highest BCUT2D eigenvalue weighted by Gasteiger charge is 2.33. The van der Waals surface area contributed by atoms with Crippen molar-refractivity contribution in [2.75, 3.05) is 18.4 Å². The fraction of sp³-hybridized carbons (Fsp3) is 0.200. The minimum Gasteiger partial charge on any atom is -0.325 e. The van der Waals surface area contributed by atoms with Crippen LogP contribution in [0.5, 0.6) is 0 Å². The van der Waals surface area contributed by atoms with E-state index in [1.54, 1.807) is 6.20 Å². The highest BCUT2D eigenvalue weighted by atomic mass is 35.5. The molecule has 1 aliphatic rings. The van der Waals surface area contributed by atoms with Crippen molar-refractivity contribution in [2.24, 2.45) is 5.92 Å². The topological polar surface area (TPSA) is 54.0 Å². The van der Waals surface area contributed by atoms with Crippen molar-refractivity contribution in [3.05, 3.63) is 72.6 Å². The van der Waals surface area contributed by atoms with Gasteiger partial charge in [0.15, 0.2) is 0 Å². The third-order valence-electron chi connectivity index (χ3n) is 4.72. The zero-order valence-electron chi connectivity index (χ0n) is 14.1. The lowest BCUT2D eigenvalue weighted by molar-refractivity contribution is -0.119. The van der Waals surface area contributed by atoms with Gasteiger partial charge in [-0.2, -0.15) is 0 Å². The number of aromatic nitrogens is 1. The molecule has 0 saturated carbocycles. The van der Waals surface area contributed by atoms with Gasteiger partial charge in [0, 0.05) is 47.9 Å². The molecular formula is C20H21Cl2N3O. The summed E-state index contributed by atoms with van der Waals surface area (Å²) < 4.78 is 0. The molecule has 0 spiro atoms. The van der Waals surface area contributed by atoms with Gasteiger partial charge in [0.1, 0.15) is 0 Å². The summed E-state index contributed by atoms with van der Waals surface area (Å²) >= 11 is 0. The number of carbonyl (C=O) groups is 1. The van der Waals surface area contributed by atoms with E-state index in [0.717, 1.165) is 23.0 Å². The molecule has 1 fully saturated rings. The number of halogens is 2. The maximum Gasteiger partial charge on any atom is 0.229 e. The highest BCUT2D eigenvalue weighted by Crippen LogP contribution is 2.30. The fourth-order valence-corrected chi connectivity index (χ4v) is 3.46. The van der Waals surface area contributed by atoms with E-state index in [9.17, 15) is 4.79 Å². The number of fused-ring (bicyclic) bond motifs is 1. The molecule has 2 aromatic carbocycles. The Hall–Kier alpha value is -2.14. The van der Waals surface area contributed by atoms with Gasteiger partial charge in [0.05, 0.1) is 5.92 Å². The first-order valence-corrected chi connectivity index (χ1v) is 8.22. The van der Waals surface area contributed by atoms with Crippen LogP contribution in [-0.2, 0) is 4.79 Å². The van der Waals surface area contributed by atoms with Crippen molar-refractivity contribution < 1.29 is 4.79 Å². The maximum absolute atomic E-state index is 12.9. The Balaban J connectivity index is 0.00000121. The third kappa shape index (κ3) is 3.98. The lowest BCUT2D eigenvalue weighted by Gasteiger charge is -2.19. The van der Waals surface area contributed by atoms with Gasteiger partial charge in [-0.05, 0) is 17.7 Å². The van der Waals surface area contributed by atoms with Crippen LogP contribution in [0.2, 0.25) is 0 Å². The number of nitrogens with zero attached hydrogens (tertiary/aromatic N) is 1. The van der Waals surface area contributed by atoms with E-state index in [1.807, 2.05) is 48.7 Å². The predicted molar refractivity (Wildman–Crippen MR) is 110 cm³/mol. The van der Waals surface area contributed by atoms with Gasteiger partial charge in [-0.15, -0.1) is 24.8 Å². The van der Waals surface area contributed by atoms with E-state index in [2.05, 4.69) is 27.8 Å². The second kappa shape index (κ2) is 8.99. The second-order valence-electron chi connectivity index (χ2n) is 6.17. The van der Waals surface area contributed by atoms with E-state index in [-0.39, 0.29) is 42.6 Å². The van der Waals surface area contributed by atoms with Crippen molar-refractivity contribution in [2.45, 2.75) is 5.92 Å². The zero-order valence-corrected chi connectivity index (χ0v) is 15.7. The van der Waals surface area contributed by atoms with Crippen LogP contribution < -0.4 is 10.6 Å². The Morgan fingerprint density at radius 1 is 1.00 bits per heavy atom. The Morgan fingerprint density at radius 2 is 1.81 bits per heavy atom. The number of hydrogen-bond acceptors (Lipinski definition) is 3. The van der Waals surface area contributed by atoms with Crippen LogP contribution in [-0.4, -0.2) is 24.0 Å². The van der Waals surface area contributed by atoms with E-state index < -0.39 is 0 Å². The minimum absolute atomic E-state index is 0. The maximum atomic E-state index is 12.9. The van der Waals surface area contributed by atoms with E-state index >= 15 is 0 Å². The van der Waals surface area contributed by atoms with Gasteiger partial charge in [0.25, 0.3) is 0 Å². The fourth-order valence-electron chi connectivity index (χ4n) is 3.46. The van der Waals surface area contributed by atoms with Crippen LogP contribution in [0.25, 0.3) is 10.8 Å². The second-order valence-corrected chi connectivity index (χ2v) is 6.17. The Kier molecular flexibility index (Phi) is 6.98. The van der Waals surface area contributed by atoms with Crippen LogP contribution in [0.4, 0.5) is 5.69 Å². The van der Waals surface area contributed by atoms with E-state index in [0.29, 0.717) is 6.54 Å². The summed E-state index contributed by atoms with van der Waals surface area (Å²) in [5.74, 6) is 0.213. The minimum atomic E-state index is -0.0653. The van der Waals surface area contributed by atoms with Gasteiger partial charge in [-0.3, -0.25) is 9.78 Å². The van der Waals surface area contributed by atoms with Crippen molar-refractivity contribution in [1.82, 2.24) is 10.3 Å². The first-order valence-electron chi connectivity index (χ1n) is 8.22. The number of benzene rings is 2. The molecular weight excluding hydrogens is 369 g/mol. The summed E-state index contributed by atoms with van der Waals surface area (Å²) in [6.45, 7) is 1.54. The first kappa shape index (κ1) is 20.2. The third-order valence-corrected chi connectivity index (χ3v) is 4.72. The molecule has 4 rings (SSSR count). The summed E-state index contributed by atoms with van der Waals surface area (Å²) in [5, 5.41) is 8.52. The summed E-state index contributed by atoms with van der Waals surface area (Å²) in [6.07, 6.45) is 3.57. The Morgan fingerprint density at radius 3 is 2.62 bits per heavy atom. The molecule has 0 radical (unpaired) electrons. The van der Waals surface area contributed by atoms with Crippen LogP contribution in [0.15, 0.2) is 67.0 Å². The quantitative estimate of drug-likeness (QED) is 0.710. The largest absolute Gasteiger partial charge is 0.325 e. The lowest BCUT2D eigenvalue weighted by Crippen LogP contribution is -2.28. The lowest BCUT2D eigenvalue weighted by atomic mass is 9.88. The molecule has 1 aromatic heterocycles. The summed E-state index contributed by atoms with van der Waals surface area (Å²) in [4.78, 5) is 17.0. The molecule has 2 N–H and O–H groups in total. The number of pyridine rings is 1. The van der Waals surface area contributed by atoms with Crippen molar-refractivity contribution in [3.63, 3.8) is 0 Å². The summed E-state index contributed by atoms with van der Waals surface area (Å²) in [7, 11) is 0. The van der Waals surface area contributed by atoms with Crippen LogP contribution in [0.1, 0.15) is 11.5 Å². The van der Waals surface area contributed by atoms with Crippen LogP contribution >= 0.6 is 24.8 Å². The molecule has 1 aliphatic heterocycles. The van der Waals surface area contributed by atoms with Crippen molar-refractivity contribution >= 4 is 47.2 Å². The smallest absolute Gasteiger partial charge is 0.229 e. The average Bonchev–Trinajstić information content (AvgIpc) is 3.13. The number of rotatable bonds is 3. The van der Waals surface area contributed by atoms with Crippen LogP contribution in [0, 0.1) is 5.92 Å². The molecule has 0 aliphatic carbocycles. The van der Waals surface area contributed by atoms with Gasteiger partial charge in [-0.1, -0.05) is 42.5 Å². The first-order chi connectivity index (χ1) is 11.8. The van der Waals surface area contributed by atoms with Crippen molar-refractivity contribution in [3.8, 4) is 0 Å². The normalized spacial score (nSPS) is 18.6. The monoisotopic (exact) mass is 389 g/mol. The molecule has 0 unspecified atom stereocenters. The van der Waals surface area contributed by atoms with Gasteiger partial charge >= 0.3 is 0 Å². The molecule has 4 nitrogen and oxygen atoms in total. The molecule has 1 amide bonds. The standard InChI is InChI=1S/C20H19N3O.2ClH/c24-20(18-13-22-12-17(18)14-5-2-1-3-6-14)23-19-8-4-7-15-11-21-10-9-16(15)19;;/h1-11,17-18,22H,12-13H2,(H,23,24);2*1H/t17-,18+;;/m0../s1. The van der Waals surface area contributed by atoms with E-state index in [1.165, 1.54) is 5.56 Å². The number of amides is 1. The van der Waals surface area contributed by atoms with Crippen LogP contribution in [0.3, 0.4) is 0 Å². The molecule has 3 aromatic rings. The summed E-state index contributed by atoms with van der Waals surface area (Å²) in [5.41, 5.74) is 2.06. The van der Waals surface area contributed by atoms with E-state index in [4.69, 9.17) is 0 Å². The SMILES string of the molecule is Cl.Cl.O=C(Nc1cccc2cnccc12)[C@@H]1CNC[C@H]1c1ccccc1. The molecule has 1 saturated heterocycles. The van der Waals surface area contributed by atoms with Gasteiger partial charge < -0.3 is 10.6 Å². The number of anilines is 1. The molecule has 6 heteroatoms. The van der Waals surface area contributed by atoms with Gasteiger partial charge in [0.2, 0.25) is 5.91 Å². The number of carbonyl (C=O) groups excluding carboxylic acids is 1. The Labute approximate surface area is 165 Å². The number of hydrogen-bond donors (Lipinski definition) is 2. The molecule has 2 atom stereocenters. The zero-order chi connectivity index (χ0) is 16.4. The highest BCUT2D eigenvalue weighted by molar-refractivity contribution is 6.03. The summed E-state index contributed by atoms with van der Waals surface area (Å²) in [6, 6.07) is 18.1. The predicted octanol–water partition coefficient (Wildman–Crippen LogP) is 4.02. The van der Waals surface area contributed by atoms with Crippen molar-refractivity contribution in [1.29, 1.82) is 0 Å². The Bertz CT molecular complexity index is 868. The number of nitrogens with one attached hydrogen (secondary N) is 2. The van der Waals surface area contributed by atoms with Gasteiger partial charge in [-0.25, -0.2) is 0 Å². The molecule has 136 valence electrons. The molecule has 2 heterocycles. The molecule has 0 bridgehead atoms. The average molecular weight is 390 g/mol. The molecule has 26 heavy (non-hydrogen) atoms.